The molecular formula is C19H19FN4O. The summed E-state index contributed by atoms with van der Waals surface area (Å²) in [6.45, 7) is 2.39. The van der Waals surface area contributed by atoms with Crippen LogP contribution < -0.4 is 10.6 Å². The molecule has 2 N–H and O–H groups in total. The van der Waals surface area contributed by atoms with Crippen LogP contribution in [0, 0.1) is 12.7 Å². The highest BCUT2D eigenvalue weighted by Gasteiger charge is 2.05. The van der Waals surface area contributed by atoms with Crippen LogP contribution >= 0.6 is 0 Å². The second kappa shape index (κ2) is 7.61. The minimum Gasteiger partial charge on any atom is -0.338 e. The molecule has 3 aromatic rings. The quantitative estimate of drug-likeness (QED) is 0.745. The van der Waals surface area contributed by atoms with Gasteiger partial charge in [0.05, 0.1) is 5.69 Å². The number of rotatable bonds is 5. The van der Waals surface area contributed by atoms with Crippen molar-refractivity contribution in [2.75, 3.05) is 11.9 Å². The Morgan fingerprint density at radius 3 is 2.76 bits per heavy atom. The molecule has 0 aliphatic rings. The number of anilines is 1. The third kappa shape index (κ3) is 4.44. The largest absolute Gasteiger partial charge is 0.338 e. The highest BCUT2D eigenvalue weighted by Crippen LogP contribution is 2.15. The van der Waals surface area contributed by atoms with Crippen molar-refractivity contribution < 1.29 is 9.18 Å². The van der Waals surface area contributed by atoms with Gasteiger partial charge in [-0.05, 0) is 55.3 Å². The Balaban J connectivity index is 1.55. The summed E-state index contributed by atoms with van der Waals surface area (Å²) in [6, 6.07) is 15.4. The number of aryl methyl sites for hydroxylation is 1. The van der Waals surface area contributed by atoms with E-state index in [0.29, 0.717) is 18.7 Å². The fourth-order valence-electron chi connectivity index (χ4n) is 2.54. The Kier molecular flexibility index (Phi) is 5.09. The molecule has 1 aromatic heterocycles. The van der Waals surface area contributed by atoms with Crippen molar-refractivity contribution in [2.24, 2.45) is 0 Å². The number of amides is 2. The lowest BCUT2D eigenvalue weighted by molar-refractivity contribution is 0.252. The molecular weight excluding hydrogens is 319 g/mol. The first-order valence-electron chi connectivity index (χ1n) is 8.02. The molecule has 25 heavy (non-hydrogen) atoms. The minimum atomic E-state index is -0.300. The Bertz CT molecular complexity index is 875. The van der Waals surface area contributed by atoms with E-state index in [1.54, 1.807) is 16.9 Å². The van der Waals surface area contributed by atoms with E-state index in [0.717, 1.165) is 16.9 Å². The first-order chi connectivity index (χ1) is 12.1. The predicted molar refractivity (Wildman–Crippen MR) is 95.4 cm³/mol. The average Bonchev–Trinajstić information content (AvgIpc) is 3.01. The summed E-state index contributed by atoms with van der Waals surface area (Å²) < 4.78 is 14.9. The SMILES string of the molecule is Cc1ccnn1-c1cccc(NC(=O)NCCc2cccc(F)c2)c1. The number of hydrogen-bond acceptors (Lipinski definition) is 2. The second-order valence-corrected chi connectivity index (χ2v) is 5.70. The molecule has 0 radical (unpaired) electrons. The van der Waals surface area contributed by atoms with Gasteiger partial charge >= 0.3 is 6.03 Å². The number of carbonyl (C=O) groups is 1. The normalized spacial score (nSPS) is 10.5. The van der Waals surface area contributed by atoms with Crippen molar-refractivity contribution >= 4 is 11.7 Å². The molecule has 3 rings (SSSR count). The number of nitrogens with zero attached hydrogens (tertiary/aromatic N) is 2. The summed E-state index contributed by atoms with van der Waals surface area (Å²) in [5.74, 6) is -0.271. The number of benzene rings is 2. The van der Waals surface area contributed by atoms with Gasteiger partial charge in [-0.3, -0.25) is 0 Å². The van der Waals surface area contributed by atoms with Crippen LogP contribution in [0.5, 0.6) is 0 Å². The van der Waals surface area contributed by atoms with Crippen LogP contribution in [-0.4, -0.2) is 22.4 Å². The van der Waals surface area contributed by atoms with E-state index in [1.807, 2.05) is 43.3 Å². The second-order valence-electron chi connectivity index (χ2n) is 5.70. The standard InChI is InChI=1S/C19H19FN4O/c1-14-8-11-22-24(14)18-7-3-6-17(13-18)23-19(25)21-10-9-15-4-2-5-16(20)12-15/h2-8,11-13H,9-10H2,1H3,(H2,21,23,25). The van der Waals surface area contributed by atoms with Crippen molar-refractivity contribution in [3.63, 3.8) is 0 Å². The van der Waals surface area contributed by atoms with Crippen molar-refractivity contribution in [1.29, 1.82) is 0 Å². The van der Waals surface area contributed by atoms with E-state index in [4.69, 9.17) is 0 Å². The van der Waals surface area contributed by atoms with Crippen LogP contribution in [-0.2, 0) is 6.42 Å². The fraction of sp³-hybridized carbons (Fsp3) is 0.158. The summed E-state index contributed by atoms with van der Waals surface area (Å²) in [7, 11) is 0. The average molecular weight is 338 g/mol. The summed E-state index contributed by atoms with van der Waals surface area (Å²) in [4.78, 5) is 12.0. The van der Waals surface area contributed by atoms with Gasteiger partial charge in [-0.2, -0.15) is 5.10 Å². The summed E-state index contributed by atoms with van der Waals surface area (Å²) in [5.41, 5.74) is 3.41. The molecule has 0 aliphatic heterocycles. The lowest BCUT2D eigenvalue weighted by Gasteiger charge is -2.10. The number of nitrogens with one attached hydrogen (secondary N) is 2. The van der Waals surface area contributed by atoms with Gasteiger partial charge in [0.25, 0.3) is 0 Å². The number of carbonyl (C=O) groups excluding carboxylic acids is 1. The van der Waals surface area contributed by atoms with Crippen LogP contribution in [0.1, 0.15) is 11.3 Å². The number of aromatic nitrogens is 2. The molecule has 0 unspecified atom stereocenters. The van der Waals surface area contributed by atoms with Gasteiger partial charge in [0.1, 0.15) is 5.82 Å². The van der Waals surface area contributed by atoms with Crippen molar-refractivity contribution in [3.8, 4) is 5.69 Å². The number of hydrogen-bond donors (Lipinski definition) is 2. The first-order valence-corrected chi connectivity index (χ1v) is 8.02. The number of urea groups is 1. The Morgan fingerprint density at radius 1 is 1.16 bits per heavy atom. The van der Waals surface area contributed by atoms with Gasteiger partial charge in [0.2, 0.25) is 0 Å². The highest BCUT2D eigenvalue weighted by molar-refractivity contribution is 5.89. The van der Waals surface area contributed by atoms with E-state index in [1.165, 1.54) is 12.1 Å². The van der Waals surface area contributed by atoms with Crippen LogP contribution in [0.15, 0.2) is 60.8 Å². The smallest absolute Gasteiger partial charge is 0.319 e. The molecule has 6 heteroatoms. The van der Waals surface area contributed by atoms with E-state index in [9.17, 15) is 9.18 Å². The van der Waals surface area contributed by atoms with Gasteiger partial charge in [-0.15, -0.1) is 0 Å². The van der Waals surface area contributed by atoms with Crippen molar-refractivity contribution in [3.05, 3.63) is 77.9 Å². The van der Waals surface area contributed by atoms with Crippen LogP contribution in [0.25, 0.3) is 5.69 Å². The van der Waals surface area contributed by atoms with Gasteiger partial charge in [-0.25, -0.2) is 13.9 Å². The topological polar surface area (TPSA) is 59.0 Å². The molecule has 0 aliphatic carbocycles. The van der Waals surface area contributed by atoms with Crippen molar-refractivity contribution in [2.45, 2.75) is 13.3 Å². The van der Waals surface area contributed by atoms with Crippen LogP contribution in [0.2, 0.25) is 0 Å². The van der Waals surface area contributed by atoms with Gasteiger partial charge < -0.3 is 10.6 Å². The summed E-state index contributed by atoms with van der Waals surface area (Å²) in [5, 5.41) is 9.82. The molecule has 0 spiro atoms. The van der Waals surface area contributed by atoms with Gasteiger partial charge in [-0.1, -0.05) is 18.2 Å². The molecule has 0 bridgehead atoms. The predicted octanol–water partition coefficient (Wildman–Crippen LogP) is 3.68. The first kappa shape index (κ1) is 16.7. The van der Waals surface area contributed by atoms with Crippen LogP contribution in [0.3, 0.4) is 0 Å². The molecule has 2 amide bonds. The fourth-order valence-corrected chi connectivity index (χ4v) is 2.54. The van der Waals surface area contributed by atoms with Crippen molar-refractivity contribution in [1.82, 2.24) is 15.1 Å². The monoisotopic (exact) mass is 338 g/mol. The lowest BCUT2D eigenvalue weighted by Crippen LogP contribution is -2.30. The molecule has 2 aromatic carbocycles. The zero-order chi connectivity index (χ0) is 17.6. The van der Waals surface area contributed by atoms with Gasteiger partial charge in [0, 0.05) is 24.1 Å². The molecule has 0 fully saturated rings. The Hall–Kier alpha value is -3.15. The molecule has 5 nitrogen and oxygen atoms in total. The lowest BCUT2D eigenvalue weighted by atomic mass is 10.1. The van der Waals surface area contributed by atoms with E-state index in [2.05, 4.69) is 15.7 Å². The Morgan fingerprint density at radius 2 is 2.00 bits per heavy atom. The van der Waals surface area contributed by atoms with Gasteiger partial charge in [0.15, 0.2) is 0 Å². The molecule has 128 valence electrons. The third-order valence-corrected chi connectivity index (χ3v) is 3.77. The van der Waals surface area contributed by atoms with Crippen LogP contribution in [0.4, 0.5) is 14.9 Å². The molecule has 1 heterocycles. The summed E-state index contributed by atoms with van der Waals surface area (Å²) >= 11 is 0. The molecule has 0 atom stereocenters. The maximum absolute atomic E-state index is 13.1. The molecule has 0 saturated heterocycles. The summed E-state index contributed by atoms with van der Waals surface area (Å²) in [6.07, 6.45) is 2.30. The zero-order valence-corrected chi connectivity index (χ0v) is 13.9. The maximum atomic E-state index is 13.1. The van der Waals surface area contributed by atoms with E-state index >= 15 is 0 Å². The number of halogens is 1. The highest BCUT2D eigenvalue weighted by atomic mass is 19.1. The van der Waals surface area contributed by atoms with E-state index < -0.39 is 0 Å². The minimum absolute atomic E-state index is 0.271. The van der Waals surface area contributed by atoms with E-state index in [-0.39, 0.29) is 11.8 Å². The Labute approximate surface area is 145 Å². The third-order valence-electron chi connectivity index (χ3n) is 3.77. The zero-order valence-electron chi connectivity index (χ0n) is 13.9. The molecule has 0 saturated carbocycles. The maximum Gasteiger partial charge on any atom is 0.319 e.